The number of halogens is 2. The molecule has 2 saturated heterocycles. The summed E-state index contributed by atoms with van der Waals surface area (Å²) in [5.74, 6) is -0.891. The fraction of sp³-hybridized carbons (Fsp3) is 0.263. The minimum Gasteiger partial charge on any atom is -0.309 e. The van der Waals surface area contributed by atoms with Crippen LogP contribution in [0.3, 0.4) is 0 Å². The molecule has 4 rings (SSSR count). The van der Waals surface area contributed by atoms with Crippen LogP contribution in [-0.2, 0) is 14.2 Å². The standard InChI is InChI=1S/C19H18Cl2N3O3P/c1-22-7-8-23(15-5-3-2-4-6-15)28(22,27)17-12-18(25)24(19(17)26)16-10-13(20)9-14(21)11-16/h2-6,9-11,17H,7-8,12H2,1H3. The average Bonchev–Trinajstić information content (AvgIpc) is 3.12. The van der Waals surface area contributed by atoms with Gasteiger partial charge in [-0.3, -0.25) is 14.2 Å². The summed E-state index contributed by atoms with van der Waals surface area (Å²) in [5.41, 5.74) is 0.139. The summed E-state index contributed by atoms with van der Waals surface area (Å²) in [4.78, 5) is 27.0. The predicted octanol–water partition coefficient (Wildman–Crippen LogP) is 4.27. The Morgan fingerprint density at radius 1 is 0.964 bits per heavy atom. The second-order valence-electron chi connectivity index (χ2n) is 6.84. The summed E-state index contributed by atoms with van der Waals surface area (Å²) in [5, 5.41) is 0.643. The number of para-hydroxylation sites is 1. The van der Waals surface area contributed by atoms with E-state index in [0.29, 0.717) is 28.8 Å². The van der Waals surface area contributed by atoms with E-state index >= 15 is 0 Å². The number of benzene rings is 2. The zero-order chi connectivity index (χ0) is 20.1. The minimum atomic E-state index is -3.33. The van der Waals surface area contributed by atoms with E-state index in [2.05, 4.69) is 0 Å². The Hall–Kier alpha value is -1.85. The maximum atomic E-state index is 14.1. The van der Waals surface area contributed by atoms with Crippen molar-refractivity contribution < 1.29 is 14.2 Å². The lowest BCUT2D eigenvalue weighted by Gasteiger charge is -2.33. The molecule has 2 fully saturated rings. The van der Waals surface area contributed by atoms with Crippen LogP contribution >= 0.6 is 30.6 Å². The van der Waals surface area contributed by atoms with E-state index < -0.39 is 24.9 Å². The SMILES string of the molecule is CN1CCN(c2ccccc2)P1(=O)C1CC(=O)N(c2cc(Cl)cc(Cl)c2)C1=O. The van der Waals surface area contributed by atoms with Crippen LogP contribution in [0.1, 0.15) is 6.42 Å². The number of anilines is 2. The van der Waals surface area contributed by atoms with Gasteiger partial charge in [0.25, 0.3) is 7.44 Å². The van der Waals surface area contributed by atoms with Crippen LogP contribution < -0.4 is 9.57 Å². The van der Waals surface area contributed by atoms with Gasteiger partial charge in [-0.1, -0.05) is 41.4 Å². The van der Waals surface area contributed by atoms with E-state index in [1.807, 2.05) is 30.3 Å². The molecule has 2 heterocycles. The van der Waals surface area contributed by atoms with Gasteiger partial charge in [0.1, 0.15) is 5.66 Å². The third-order valence-electron chi connectivity index (χ3n) is 5.16. The average molecular weight is 438 g/mol. The molecule has 0 N–H and O–H groups in total. The molecular formula is C19H18Cl2N3O3P. The number of amides is 2. The zero-order valence-electron chi connectivity index (χ0n) is 15.1. The van der Waals surface area contributed by atoms with Crippen LogP contribution in [0.25, 0.3) is 0 Å². The highest BCUT2D eigenvalue weighted by Gasteiger charge is 2.56. The second-order valence-corrected chi connectivity index (χ2v) is 10.7. The fourth-order valence-corrected chi connectivity index (χ4v) is 7.54. The second kappa shape index (κ2) is 7.20. The lowest BCUT2D eigenvalue weighted by atomic mass is 10.3. The third kappa shape index (κ3) is 3.05. The molecule has 0 saturated carbocycles. The van der Waals surface area contributed by atoms with Gasteiger partial charge in [-0.2, -0.15) is 0 Å². The topological polar surface area (TPSA) is 60.9 Å². The molecule has 146 valence electrons. The Balaban J connectivity index is 1.73. The molecule has 0 radical (unpaired) electrons. The fourth-order valence-electron chi connectivity index (χ4n) is 3.83. The number of nitrogens with zero attached hydrogens (tertiary/aromatic N) is 3. The molecular weight excluding hydrogens is 420 g/mol. The maximum absolute atomic E-state index is 14.1. The van der Waals surface area contributed by atoms with Crippen molar-refractivity contribution in [3.05, 3.63) is 58.6 Å². The Morgan fingerprint density at radius 3 is 2.25 bits per heavy atom. The Labute approximate surface area is 173 Å². The summed E-state index contributed by atoms with van der Waals surface area (Å²) < 4.78 is 17.6. The predicted molar refractivity (Wildman–Crippen MR) is 111 cm³/mol. The first-order valence-electron chi connectivity index (χ1n) is 8.79. The molecule has 2 aliphatic rings. The molecule has 2 aromatic rings. The van der Waals surface area contributed by atoms with E-state index in [4.69, 9.17) is 23.2 Å². The molecule has 0 spiro atoms. The van der Waals surface area contributed by atoms with Gasteiger partial charge in [0.05, 0.1) is 5.69 Å². The van der Waals surface area contributed by atoms with Crippen LogP contribution in [0.15, 0.2) is 48.5 Å². The molecule has 2 aromatic carbocycles. The van der Waals surface area contributed by atoms with Gasteiger partial charge in [-0.05, 0) is 37.4 Å². The maximum Gasteiger partial charge on any atom is 0.252 e. The van der Waals surface area contributed by atoms with Crippen molar-refractivity contribution in [2.75, 3.05) is 29.7 Å². The van der Waals surface area contributed by atoms with Crippen LogP contribution in [0.5, 0.6) is 0 Å². The lowest BCUT2D eigenvalue weighted by Crippen LogP contribution is -2.35. The van der Waals surface area contributed by atoms with Crippen molar-refractivity contribution in [2.24, 2.45) is 0 Å². The minimum absolute atomic E-state index is 0.117. The Kier molecular flexibility index (Phi) is 5.00. The smallest absolute Gasteiger partial charge is 0.252 e. The van der Waals surface area contributed by atoms with E-state index in [1.165, 1.54) is 18.2 Å². The third-order valence-corrected chi connectivity index (χ3v) is 9.11. The zero-order valence-corrected chi connectivity index (χ0v) is 17.5. The van der Waals surface area contributed by atoms with E-state index in [-0.39, 0.29) is 6.42 Å². The number of likely N-dealkylation sites (N-methyl/N-ethyl adjacent to an activating group) is 1. The van der Waals surface area contributed by atoms with Gasteiger partial charge in [0.2, 0.25) is 11.8 Å². The molecule has 2 aliphatic heterocycles. The van der Waals surface area contributed by atoms with Crippen molar-refractivity contribution >= 4 is 53.8 Å². The Bertz CT molecular complexity index is 981. The van der Waals surface area contributed by atoms with E-state index in [1.54, 1.807) is 16.4 Å². The van der Waals surface area contributed by atoms with Crippen LogP contribution in [-0.4, -0.2) is 42.3 Å². The summed E-state index contributed by atoms with van der Waals surface area (Å²) in [6.45, 7) is 1.08. The summed E-state index contributed by atoms with van der Waals surface area (Å²) >= 11 is 12.1. The van der Waals surface area contributed by atoms with Gasteiger partial charge in [0.15, 0.2) is 0 Å². The van der Waals surface area contributed by atoms with Crippen molar-refractivity contribution in [1.82, 2.24) is 4.67 Å². The first-order chi connectivity index (χ1) is 13.3. The largest absolute Gasteiger partial charge is 0.309 e. The molecule has 0 aliphatic carbocycles. The van der Waals surface area contributed by atoms with Crippen molar-refractivity contribution in [2.45, 2.75) is 12.1 Å². The first-order valence-corrected chi connectivity index (χ1v) is 11.2. The molecule has 2 unspecified atom stereocenters. The summed E-state index contributed by atoms with van der Waals surface area (Å²) in [6, 6.07) is 13.9. The lowest BCUT2D eigenvalue weighted by molar-refractivity contribution is -0.121. The van der Waals surface area contributed by atoms with Crippen LogP contribution in [0, 0.1) is 0 Å². The number of carbonyl (C=O) groups is 2. The van der Waals surface area contributed by atoms with Gasteiger partial charge in [-0.15, -0.1) is 0 Å². The number of hydrogen-bond donors (Lipinski definition) is 0. The number of carbonyl (C=O) groups excluding carboxylic acids is 2. The van der Waals surface area contributed by atoms with E-state index in [0.717, 1.165) is 10.6 Å². The molecule has 28 heavy (non-hydrogen) atoms. The summed E-state index contributed by atoms with van der Waals surface area (Å²) in [7, 11) is -1.59. The highest BCUT2D eigenvalue weighted by atomic mass is 35.5. The molecule has 0 bridgehead atoms. The molecule has 2 amide bonds. The van der Waals surface area contributed by atoms with Gasteiger partial charge in [0, 0.05) is 35.2 Å². The number of hydrogen-bond acceptors (Lipinski definition) is 3. The number of rotatable bonds is 3. The highest BCUT2D eigenvalue weighted by molar-refractivity contribution is 7.65. The molecule has 6 nitrogen and oxygen atoms in total. The molecule has 9 heteroatoms. The number of imide groups is 1. The highest BCUT2D eigenvalue weighted by Crippen LogP contribution is 2.63. The Morgan fingerprint density at radius 2 is 1.61 bits per heavy atom. The van der Waals surface area contributed by atoms with Gasteiger partial charge < -0.3 is 4.67 Å². The molecule has 2 atom stereocenters. The van der Waals surface area contributed by atoms with Gasteiger partial charge in [-0.25, -0.2) is 9.57 Å². The van der Waals surface area contributed by atoms with Crippen LogP contribution in [0.4, 0.5) is 11.4 Å². The van der Waals surface area contributed by atoms with Crippen molar-refractivity contribution in [1.29, 1.82) is 0 Å². The van der Waals surface area contributed by atoms with Gasteiger partial charge >= 0.3 is 0 Å². The quantitative estimate of drug-likeness (QED) is 0.529. The molecule has 0 aromatic heterocycles. The van der Waals surface area contributed by atoms with Crippen molar-refractivity contribution in [3.63, 3.8) is 0 Å². The summed E-state index contributed by atoms with van der Waals surface area (Å²) in [6.07, 6.45) is -0.117. The normalized spacial score (nSPS) is 25.8. The van der Waals surface area contributed by atoms with E-state index in [9.17, 15) is 14.2 Å². The van der Waals surface area contributed by atoms with Crippen LogP contribution in [0.2, 0.25) is 10.0 Å². The monoisotopic (exact) mass is 437 g/mol. The van der Waals surface area contributed by atoms with Crippen molar-refractivity contribution in [3.8, 4) is 0 Å². The first kappa shape index (κ1) is 19.5.